The van der Waals surface area contributed by atoms with Gasteiger partial charge < -0.3 is 0 Å². The van der Waals surface area contributed by atoms with Gasteiger partial charge in [0.1, 0.15) is 5.39 Å². The van der Waals surface area contributed by atoms with Crippen LogP contribution < -0.4 is 5.56 Å². The van der Waals surface area contributed by atoms with Crippen molar-refractivity contribution >= 4 is 22.8 Å². The maximum atomic E-state index is 12.9. The highest BCUT2D eigenvalue weighted by molar-refractivity contribution is 7.98. The van der Waals surface area contributed by atoms with Gasteiger partial charge in [-0.2, -0.15) is 0 Å². The van der Waals surface area contributed by atoms with Gasteiger partial charge in [0.2, 0.25) is 0 Å². The number of fused-ring (bicyclic) bond motifs is 1. The third-order valence-electron chi connectivity index (χ3n) is 4.03. The lowest BCUT2D eigenvalue weighted by Crippen LogP contribution is -2.24. The van der Waals surface area contributed by atoms with E-state index in [1.807, 2.05) is 36.9 Å². The molecule has 0 amide bonds. The van der Waals surface area contributed by atoms with Gasteiger partial charge in [0.05, 0.1) is 5.69 Å². The lowest BCUT2D eigenvalue weighted by molar-refractivity contribution is 0.474. The molecule has 0 aromatic carbocycles. The first-order valence-electron chi connectivity index (χ1n) is 8.25. The van der Waals surface area contributed by atoms with Gasteiger partial charge in [-0.25, -0.2) is 19.3 Å². The van der Waals surface area contributed by atoms with Crippen molar-refractivity contribution in [1.82, 2.24) is 24.3 Å². The molecule has 0 aliphatic rings. The molecular weight excluding hydrogens is 334 g/mol. The van der Waals surface area contributed by atoms with Gasteiger partial charge in [-0.3, -0.25) is 9.78 Å². The Morgan fingerprint density at radius 1 is 1.20 bits per heavy atom. The Bertz CT molecular complexity index is 981. The Morgan fingerprint density at radius 3 is 2.52 bits per heavy atom. The number of hydrogen-bond acceptors (Lipinski definition) is 5. The highest BCUT2D eigenvalue weighted by Crippen LogP contribution is 2.24. The van der Waals surface area contributed by atoms with Gasteiger partial charge in [-0.05, 0) is 32.2 Å². The van der Waals surface area contributed by atoms with E-state index in [1.54, 1.807) is 17.1 Å². The molecule has 0 saturated carbocycles. The van der Waals surface area contributed by atoms with E-state index in [4.69, 9.17) is 0 Å². The van der Waals surface area contributed by atoms with Crippen LogP contribution in [0.5, 0.6) is 0 Å². The maximum Gasteiger partial charge on any atom is 0.278 e. The van der Waals surface area contributed by atoms with Crippen molar-refractivity contribution in [3.8, 4) is 5.69 Å². The molecule has 0 N–H and O–H groups in total. The van der Waals surface area contributed by atoms with Crippen molar-refractivity contribution in [2.24, 2.45) is 0 Å². The van der Waals surface area contributed by atoms with Gasteiger partial charge in [-0.1, -0.05) is 32.5 Å². The monoisotopic (exact) mass is 357 g/mol. The SMILES string of the molecule is CSc1ncc2c(=O)n(C(C)C)n(-c3ccnc(C(C)(C)C)c3)c2n1. The van der Waals surface area contributed by atoms with Crippen molar-refractivity contribution < 1.29 is 0 Å². The third-order valence-corrected chi connectivity index (χ3v) is 4.59. The zero-order valence-corrected chi connectivity index (χ0v) is 16.3. The van der Waals surface area contributed by atoms with E-state index in [1.165, 1.54) is 11.8 Å². The molecular formula is C18H23N5OS. The lowest BCUT2D eigenvalue weighted by atomic mass is 9.91. The van der Waals surface area contributed by atoms with E-state index in [0.717, 1.165) is 11.4 Å². The molecule has 0 saturated heterocycles. The van der Waals surface area contributed by atoms with Crippen molar-refractivity contribution in [3.63, 3.8) is 0 Å². The molecule has 3 heterocycles. The Balaban J connectivity index is 2.38. The Hall–Kier alpha value is -2.15. The summed E-state index contributed by atoms with van der Waals surface area (Å²) >= 11 is 1.46. The van der Waals surface area contributed by atoms with Crippen molar-refractivity contribution in [2.45, 2.75) is 51.2 Å². The molecule has 7 heteroatoms. The van der Waals surface area contributed by atoms with Crippen molar-refractivity contribution in [1.29, 1.82) is 0 Å². The zero-order valence-electron chi connectivity index (χ0n) is 15.4. The standard InChI is InChI=1S/C18H23N5OS/c1-11(2)22-16(24)13-10-20-17(25-6)21-15(13)23(22)12-7-8-19-14(9-12)18(3,4)5/h7-11H,1-6H3. The summed E-state index contributed by atoms with van der Waals surface area (Å²) in [5.41, 5.74) is 2.32. The first-order chi connectivity index (χ1) is 11.7. The predicted octanol–water partition coefficient (Wildman–Crippen LogP) is 3.58. The zero-order chi connectivity index (χ0) is 18.4. The van der Waals surface area contributed by atoms with Crippen LogP contribution >= 0.6 is 11.8 Å². The minimum absolute atomic E-state index is 0.00863. The smallest absolute Gasteiger partial charge is 0.267 e. The average molecular weight is 357 g/mol. The second-order valence-corrected chi connectivity index (χ2v) is 8.07. The van der Waals surface area contributed by atoms with Crippen molar-refractivity contribution in [2.75, 3.05) is 6.26 Å². The van der Waals surface area contributed by atoms with Crippen LogP contribution in [0.25, 0.3) is 16.7 Å². The molecule has 0 atom stereocenters. The van der Waals surface area contributed by atoms with Crippen LogP contribution in [0.1, 0.15) is 46.4 Å². The van der Waals surface area contributed by atoms with Crippen LogP contribution in [0.2, 0.25) is 0 Å². The summed E-state index contributed by atoms with van der Waals surface area (Å²) < 4.78 is 3.62. The molecule has 0 fully saturated rings. The first-order valence-corrected chi connectivity index (χ1v) is 9.47. The number of rotatable bonds is 3. The number of hydrogen-bond donors (Lipinski definition) is 0. The molecule has 0 bridgehead atoms. The van der Waals surface area contributed by atoms with Crippen molar-refractivity contribution in [3.05, 3.63) is 40.6 Å². The summed E-state index contributed by atoms with van der Waals surface area (Å²) in [6.45, 7) is 10.3. The molecule has 3 aromatic rings. The molecule has 0 aliphatic carbocycles. The molecule has 132 valence electrons. The Kier molecular flexibility index (Phi) is 4.45. The molecule has 25 heavy (non-hydrogen) atoms. The van der Waals surface area contributed by atoms with Crippen LogP contribution in [0.4, 0.5) is 0 Å². The summed E-state index contributed by atoms with van der Waals surface area (Å²) in [5, 5.41) is 1.17. The molecule has 0 spiro atoms. The van der Waals surface area contributed by atoms with E-state index in [9.17, 15) is 4.79 Å². The van der Waals surface area contributed by atoms with Crippen LogP contribution in [0, 0.1) is 0 Å². The largest absolute Gasteiger partial charge is 0.278 e. The fraction of sp³-hybridized carbons (Fsp3) is 0.444. The first kappa shape index (κ1) is 17.7. The number of nitrogens with zero attached hydrogens (tertiary/aromatic N) is 5. The molecule has 0 radical (unpaired) electrons. The number of thioether (sulfide) groups is 1. The fourth-order valence-corrected chi connectivity index (χ4v) is 3.09. The summed E-state index contributed by atoms with van der Waals surface area (Å²) in [5.74, 6) is 0. The van der Waals surface area contributed by atoms with Crippen LogP contribution in [0.15, 0.2) is 34.5 Å². The minimum Gasteiger partial charge on any atom is -0.267 e. The highest BCUT2D eigenvalue weighted by atomic mass is 32.2. The number of aromatic nitrogens is 5. The molecule has 3 aromatic heterocycles. The average Bonchev–Trinajstić information content (AvgIpc) is 2.86. The van der Waals surface area contributed by atoms with Gasteiger partial charge in [0.15, 0.2) is 10.8 Å². The van der Waals surface area contributed by atoms with Gasteiger partial charge in [0.25, 0.3) is 5.56 Å². The van der Waals surface area contributed by atoms with E-state index >= 15 is 0 Å². The quantitative estimate of drug-likeness (QED) is 0.529. The second-order valence-electron chi connectivity index (χ2n) is 7.30. The van der Waals surface area contributed by atoms with E-state index < -0.39 is 0 Å². The van der Waals surface area contributed by atoms with Gasteiger partial charge in [0, 0.05) is 29.5 Å². The van der Waals surface area contributed by atoms with Crippen LogP contribution in [-0.4, -0.2) is 30.6 Å². The fourth-order valence-electron chi connectivity index (χ4n) is 2.76. The molecule has 3 rings (SSSR count). The molecule has 6 nitrogen and oxygen atoms in total. The summed E-state index contributed by atoms with van der Waals surface area (Å²) in [6, 6.07) is 3.93. The summed E-state index contributed by atoms with van der Waals surface area (Å²) in [6.07, 6.45) is 5.33. The van der Waals surface area contributed by atoms with E-state index in [2.05, 4.69) is 35.7 Å². The predicted molar refractivity (Wildman–Crippen MR) is 102 cm³/mol. The number of pyridine rings is 1. The normalized spacial score (nSPS) is 12.3. The van der Waals surface area contributed by atoms with E-state index in [0.29, 0.717) is 16.2 Å². The minimum atomic E-state index is -0.0820. The lowest BCUT2D eigenvalue weighted by Gasteiger charge is -2.20. The van der Waals surface area contributed by atoms with Crippen LogP contribution in [-0.2, 0) is 5.41 Å². The Morgan fingerprint density at radius 2 is 1.92 bits per heavy atom. The highest BCUT2D eigenvalue weighted by Gasteiger charge is 2.21. The summed E-state index contributed by atoms with van der Waals surface area (Å²) in [4.78, 5) is 26.2. The van der Waals surface area contributed by atoms with Crippen LogP contribution in [0.3, 0.4) is 0 Å². The maximum absolute atomic E-state index is 12.9. The van der Waals surface area contributed by atoms with Gasteiger partial charge >= 0.3 is 0 Å². The molecule has 0 aliphatic heterocycles. The second kappa shape index (κ2) is 6.29. The van der Waals surface area contributed by atoms with Gasteiger partial charge in [-0.15, -0.1) is 0 Å². The van der Waals surface area contributed by atoms with E-state index in [-0.39, 0.29) is 17.0 Å². The third kappa shape index (κ3) is 3.08. The Labute approximate surface area is 151 Å². The summed E-state index contributed by atoms with van der Waals surface area (Å²) in [7, 11) is 0. The topological polar surface area (TPSA) is 65.6 Å². The molecule has 0 unspecified atom stereocenters.